The average molecular weight is 97.1 g/mol. The molecule has 0 aliphatic carbocycles. The molecule has 1 heterocycles. The van der Waals surface area contributed by atoms with Gasteiger partial charge in [-0.05, 0) is 0 Å². The van der Waals surface area contributed by atoms with Crippen LogP contribution in [0.5, 0.6) is 0 Å². The van der Waals surface area contributed by atoms with E-state index in [0.717, 1.165) is 5.06 Å². The van der Waals surface area contributed by atoms with E-state index in [1.54, 1.807) is 6.19 Å². The second kappa shape index (κ2) is 1.58. The van der Waals surface area contributed by atoms with E-state index >= 15 is 0 Å². The van der Waals surface area contributed by atoms with Gasteiger partial charge in [0.05, 0.1) is 0 Å². The molecule has 0 saturated carbocycles. The molecule has 4 nitrogen and oxygen atoms in total. The summed E-state index contributed by atoms with van der Waals surface area (Å²) in [7, 11) is 0. The van der Waals surface area contributed by atoms with Crippen LogP contribution in [0.1, 0.15) is 0 Å². The highest BCUT2D eigenvalue weighted by Gasteiger charge is 2.00. The summed E-state index contributed by atoms with van der Waals surface area (Å²) in [4.78, 5) is 8.14. The summed E-state index contributed by atoms with van der Waals surface area (Å²) in [5.41, 5.74) is 0. The highest BCUT2D eigenvalue weighted by Crippen LogP contribution is 1.90. The van der Waals surface area contributed by atoms with Gasteiger partial charge in [-0.1, -0.05) is 0 Å². The van der Waals surface area contributed by atoms with Crippen LogP contribution in [0.15, 0.2) is 4.99 Å². The molecule has 1 aliphatic rings. The first kappa shape index (κ1) is 4.09. The van der Waals surface area contributed by atoms with Crippen molar-refractivity contribution in [3.63, 3.8) is 0 Å². The summed E-state index contributed by atoms with van der Waals surface area (Å²) in [6.45, 7) is 0.271. The first-order chi connectivity index (χ1) is 3.43. The van der Waals surface area contributed by atoms with Gasteiger partial charge in [-0.3, -0.25) is 0 Å². The van der Waals surface area contributed by atoms with E-state index < -0.39 is 0 Å². The maximum atomic E-state index is 8.03. The molecule has 0 N–H and O–H groups in total. The van der Waals surface area contributed by atoms with Gasteiger partial charge in [-0.25, -0.2) is 9.83 Å². The van der Waals surface area contributed by atoms with Gasteiger partial charge in [-0.2, -0.15) is 5.26 Å². The van der Waals surface area contributed by atoms with E-state index in [1.165, 1.54) is 6.34 Å². The zero-order valence-corrected chi connectivity index (χ0v) is 3.53. The normalized spacial score (nSPS) is 17.3. The summed E-state index contributed by atoms with van der Waals surface area (Å²) in [6.07, 6.45) is 3.06. The molecule has 7 heavy (non-hydrogen) atoms. The summed E-state index contributed by atoms with van der Waals surface area (Å²) < 4.78 is 0. The van der Waals surface area contributed by atoms with Crippen LogP contribution in [0.3, 0.4) is 0 Å². The standard InChI is InChI=1S/C3H3N3O/c4-1-6-2-5-3-7-6/h2H,3H2. The molecule has 4 heteroatoms. The SMILES string of the molecule is N#CN1C=NCO1. The number of rotatable bonds is 0. The second-order valence-corrected chi connectivity index (χ2v) is 0.982. The number of hydrogen-bond donors (Lipinski definition) is 0. The topological polar surface area (TPSA) is 48.6 Å². The van der Waals surface area contributed by atoms with Crippen molar-refractivity contribution in [1.29, 1.82) is 5.26 Å². The van der Waals surface area contributed by atoms with E-state index in [4.69, 9.17) is 5.26 Å². The van der Waals surface area contributed by atoms with Crippen molar-refractivity contribution >= 4 is 6.34 Å². The van der Waals surface area contributed by atoms with Crippen LogP contribution in [-0.2, 0) is 4.84 Å². The molecule has 1 rings (SSSR count). The molecule has 0 fully saturated rings. The third-order valence-electron chi connectivity index (χ3n) is 0.556. The Bertz CT molecular complexity index is 125. The molecule has 0 aromatic carbocycles. The molecule has 0 aromatic heterocycles. The third-order valence-corrected chi connectivity index (χ3v) is 0.556. The molecule has 0 atom stereocenters. The lowest BCUT2D eigenvalue weighted by atomic mass is 11.1. The molecular formula is C3H3N3O. The van der Waals surface area contributed by atoms with Crippen LogP contribution >= 0.6 is 0 Å². The fourth-order valence-electron chi connectivity index (χ4n) is 0.291. The summed E-state index contributed by atoms with van der Waals surface area (Å²) >= 11 is 0. The van der Waals surface area contributed by atoms with Crippen molar-refractivity contribution in [1.82, 2.24) is 5.06 Å². The van der Waals surface area contributed by atoms with Crippen LogP contribution in [0.25, 0.3) is 0 Å². The van der Waals surface area contributed by atoms with Crippen LogP contribution < -0.4 is 0 Å². The maximum Gasteiger partial charge on any atom is 0.211 e. The summed E-state index contributed by atoms with van der Waals surface area (Å²) in [5.74, 6) is 0. The van der Waals surface area contributed by atoms with Crippen LogP contribution in [0, 0.1) is 11.5 Å². The van der Waals surface area contributed by atoms with E-state index in [1.807, 2.05) is 0 Å². The predicted octanol–water partition coefficient (Wildman–Crippen LogP) is -0.300. The Kier molecular flexibility index (Phi) is 0.922. The zero-order valence-electron chi connectivity index (χ0n) is 3.53. The monoisotopic (exact) mass is 97.0 g/mol. The van der Waals surface area contributed by atoms with Crippen molar-refractivity contribution in [2.24, 2.45) is 4.99 Å². The van der Waals surface area contributed by atoms with Crippen LogP contribution in [0.4, 0.5) is 0 Å². The van der Waals surface area contributed by atoms with Gasteiger partial charge in [0.15, 0.2) is 6.73 Å². The molecule has 36 valence electrons. The van der Waals surface area contributed by atoms with Gasteiger partial charge in [0, 0.05) is 0 Å². The zero-order chi connectivity index (χ0) is 5.11. The van der Waals surface area contributed by atoms with Gasteiger partial charge in [0.25, 0.3) is 0 Å². The Balaban J connectivity index is 2.47. The minimum Gasteiger partial charge on any atom is -0.241 e. The van der Waals surface area contributed by atoms with Crippen molar-refractivity contribution in [2.75, 3.05) is 6.73 Å². The van der Waals surface area contributed by atoms with Crippen molar-refractivity contribution in [3.8, 4) is 6.19 Å². The molecule has 0 amide bonds. The third kappa shape index (κ3) is 0.669. The Hall–Kier alpha value is -1.08. The van der Waals surface area contributed by atoms with Crippen LogP contribution in [-0.4, -0.2) is 18.1 Å². The quantitative estimate of drug-likeness (QED) is 0.390. The minimum absolute atomic E-state index is 0.271. The lowest BCUT2D eigenvalue weighted by Crippen LogP contribution is -2.07. The van der Waals surface area contributed by atoms with Gasteiger partial charge in [-0.15, -0.1) is 5.06 Å². The van der Waals surface area contributed by atoms with Gasteiger partial charge >= 0.3 is 0 Å². The van der Waals surface area contributed by atoms with E-state index in [-0.39, 0.29) is 6.73 Å². The Morgan fingerprint density at radius 1 is 2.00 bits per heavy atom. The van der Waals surface area contributed by atoms with Gasteiger partial charge in [0.2, 0.25) is 6.19 Å². The number of aliphatic imine (C=N–C) groups is 1. The molecular weight excluding hydrogens is 94.1 g/mol. The van der Waals surface area contributed by atoms with E-state index in [0.29, 0.717) is 0 Å². The van der Waals surface area contributed by atoms with Crippen molar-refractivity contribution < 1.29 is 4.84 Å². The number of nitrogens with zero attached hydrogens (tertiary/aromatic N) is 3. The highest BCUT2D eigenvalue weighted by atomic mass is 16.7. The first-order valence-corrected chi connectivity index (χ1v) is 1.75. The molecule has 0 saturated heterocycles. The average Bonchev–Trinajstić information content (AvgIpc) is 2.14. The maximum absolute atomic E-state index is 8.03. The molecule has 0 bridgehead atoms. The fourth-order valence-corrected chi connectivity index (χ4v) is 0.291. The van der Waals surface area contributed by atoms with E-state index in [9.17, 15) is 0 Å². The predicted molar refractivity (Wildman–Crippen MR) is 21.9 cm³/mol. The molecule has 1 aliphatic heterocycles. The number of nitriles is 1. The number of hydrogen-bond acceptors (Lipinski definition) is 4. The smallest absolute Gasteiger partial charge is 0.211 e. The summed E-state index contributed by atoms with van der Waals surface area (Å²) in [5, 5.41) is 9.03. The van der Waals surface area contributed by atoms with Gasteiger partial charge < -0.3 is 0 Å². The largest absolute Gasteiger partial charge is 0.241 e. The van der Waals surface area contributed by atoms with Crippen LogP contribution in [0.2, 0.25) is 0 Å². The molecule has 0 unspecified atom stereocenters. The summed E-state index contributed by atoms with van der Waals surface area (Å²) in [6, 6.07) is 0. The van der Waals surface area contributed by atoms with Crippen molar-refractivity contribution in [3.05, 3.63) is 0 Å². The lowest BCUT2D eigenvalue weighted by Gasteiger charge is -1.94. The van der Waals surface area contributed by atoms with E-state index in [2.05, 4.69) is 9.83 Å². The Morgan fingerprint density at radius 2 is 2.86 bits per heavy atom. The minimum atomic E-state index is 0.271. The van der Waals surface area contributed by atoms with Gasteiger partial charge in [0.1, 0.15) is 6.34 Å². The molecule has 0 radical (unpaired) electrons. The molecule has 0 aromatic rings. The second-order valence-electron chi connectivity index (χ2n) is 0.982. The number of hydroxylamine groups is 2. The first-order valence-electron chi connectivity index (χ1n) is 1.75. The lowest BCUT2D eigenvalue weighted by molar-refractivity contribution is -0.0243. The van der Waals surface area contributed by atoms with Crippen molar-refractivity contribution in [2.45, 2.75) is 0 Å². The Morgan fingerprint density at radius 3 is 3.14 bits per heavy atom. The molecule has 0 spiro atoms. The Labute approximate surface area is 40.6 Å². The highest BCUT2D eigenvalue weighted by molar-refractivity contribution is 5.56. The fraction of sp³-hybridized carbons (Fsp3) is 0.333.